The smallest absolute Gasteiger partial charge is 0.412 e. The van der Waals surface area contributed by atoms with Crippen molar-refractivity contribution in [3.05, 3.63) is 24.3 Å². The van der Waals surface area contributed by atoms with Crippen molar-refractivity contribution in [2.75, 3.05) is 5.73 Å². The van der Waals surface area contributed by atoms with Gasteiger partial charge < -0.3 is 21.9 Å². The van der Waals surface area contributed by atoms with Crippen LogP contribution in [0, 0.1) is 0 Å². The fraction of sp³-hybridized carbons (Fsp3) is 0. The second-order valence-electron chi connectivity index (χ2n) is 2.11. The minimum atomic E-state index is -4.93. The van der Waals surface area contributed by atoms with E-state index < -0.39 is 14.2 Å². The molecule has 0 saturated heterocycles. The molecule has 0 aliphatic carbocycles. The standard InChI is InChI=1S/C6H8AsNO3.Na.4H2O/c8-6-3-1-5(2-4-6)7(9,10)11;;;;;/h1-4H,8H2,(H2,9,10,11);;4*1H2/q;+1;;;;/p-1. The monoisotopic (exact) mass is 311 g/mol. The van der Waals surface area contributed by atoms with Crippen molar-refractivity contribution in [3.63, 3.8) is 0 Å². The molecule has 1 atom stereocenters. The van der Waals surface area contributed by atoms with Gasteiger partial charge in [0, 0.05) is 0 Å². The first kappa shape index (κ1) is 29.8. The normalized spacial score (nSPS) is 10.9. The minimum absolute atomic E-state index is 0. The molecule has 0 spiro atoms. The van der Waals surface area contributed by atoms with Crippen LogP contribution in [0.25, 0.3) is 0 Å². The van der Waals surface area contributed by atoms with Gasteiger partial charge in [-0.2, -0.15) is 0 Å². The Kier molecular flexibility index (Phi) is 21.6. The largest absolute Gasteiger partial charge is 1.00 e. The Labute approximate surface area is 117 Å². The summed E-state index contributed by atoms with van der Waals surface area (Å²) in [7, 11) is 0. The van der Waals surface area contributed by atoms with E-state index in [-0.39, 0.29) is 55.8 Å². The van der Waals surface area contributed by atoms with Gasteiger partial charge in [0.2, 0.25) is 0 Å². The molecule has 0 bridgehead atoms. The summed E-state index contributed by atoms with van der Waals surface area (Å²) in [6.07, 6.45) is 0. The van der Waals surface area contributed by atoms with E-state index in [1.165, 1.54) is 24.3 Å². The van der Waals surface area contributed by atoms with Crippen LogP contribution in [0.2, 0.25) is 0 Å². The van der Waals surface area contributed by atoms with Gasteiger partial charge in [-0.05, 0) is 0 Å². The Morgan fingerprint density at radius 2 is 1.38 bits per heavy atom. The van der Waals surface area contributed by atoms with Gasteiger partial charge in [0.1, 0.15) is 0 Å². The van der Waals surface area contributed by atoms with E-state index in [1.807, 2.05) is 0 Å². The van der Waals surface area contributed by atoms with Gasteiger partial charge in [-0.1, -0.05) is 0 Å². The van der Waals surface area contributed by atoms with Crippen molar-refractivity contribution in [1.82, 2.24) is 0 Å². The summed E-state index contributed by atoms with van der Waals surface area (Å²) in [6, 6.07) is 5.42. The molecule has 0 saturated carbocycles. The van der Waals surface area contributed by atoms with Crippen LogP contribution in [0.5, 0.6) is 0 Å². The van der Waals surface area contributed by atoms with Crippen LogP contribution in [0.15, 0.2) is 24.3 Å². The van der Waals surface area contributed by atoms with E-state index in [0.717, 1.165) is 0 Å². The van der Waals surface area contributed by atoms with Crippen molar-refractivity contribution in [3.8, 4) is 0 Å². The summed E-state index contributed by atoms with van der Waals surface area (Å²) in [6.45, 7) is 0. The van der Waals surface area contributed by atoms with E-state index in [0.29, 0.717) is 5.69 Å². The van der Waals surface area contributed by atoms with Gasteiger partial charge >= 0.3 is 95.7 Å². The van der Waals surface area contributed by atoms with Crippen LogP contribution < -0.4 is 43.7 Å². The van der Waals surface area contributed by atoms with Crippen LogP contribution in [0.1, 0.15) is 0 Å². The van der Waals surface area contributed by atoms with Crippen LogP contribution in [0.3, 0.4) is 0 Å². The number of nitrogen functional groups attached to an aromatic ring is 1. The Morgan fingerprint density at radius 3 is 1.62 bits per heavy atom. The van der Waals surface area contributed by atoms with Crippen LogP contribution in [-0.2, 0) is 3.74 Å². The van der Waals surface area contributed by atoms with Gasteiger partial charge in [0.05, 0.1) is 0 Å². The number of benzene rings is 1. The zero-order valence-corrected chi connectivity index (χ0v) is 12.5. The molecule has 1 aromatic carbocycles. The number of nitrogens with two attached hydrogens (primary N) is 1. The molecule has 8 nitrogen and oxygen atoms in total. The van der Waals surface area contributed by atoms with Gasteiger partial charge in [-0.3, -0.25) is 0 Å². The molecule has 0 aromatic heterocycles. The zero-order valence-electron chi connectivity index (χ0n) is 8.60. The summed E-state index contributed by atoms with van der Waals surface area (Å²) in [4.78, 5) is 0. The molecule has 11 N–H and O–H groups in total. The molecular weight excluding hydrogens is 296 g/mol. The average Bonchev–Trinajstić information content (AvgIpc) is 1.86. The zero-order chi connectivity index (χ0) is 8.48. The summed E-state index contributed by atoms with van der Waals surface area (Å²) in [5, 5.41) is 0. The molecular formula is C6H15AsNNaO7. The molecule has 1 rings (SSSR count). The SMILES string of the molecule is Nc1ccc([As](=O)([O-])O)cc1.O.O.O.O.[Na+]. The summed E-state index contributed by atoms with van der Waals surface area (Å²) in [5.74, 6) is 0. The maximum absolute atomic E-state index is 10.5. The second-order valence-corrected chi connectivity index (χ2v) is 5.38. The third kappa shape index (κ3) is 9.37. The van der Waals surface area contributed by atoms with Gasteiger partial charge in [0.25, 0.3) is 0 Å². The molecule has 0 aliphatic heterocycles. The van der Waals surface area contributed by atoms with Gasteiger partial charge in [-0.25, -0.2) is 0 Å². The molecule has 1 unspecified atom stereocenters. The molecule has 16 heavy (non-hydrogen) atoms. The predicted octanol–water partition coefficient (Wildman–Crippen LogP) is -8.10. The summed E-state index contributed by atoms with van der Waals surface area (Å²) < 4.78 is 29.6. The van der Waals surface area contributed by atoms with E-state index >= 15 is 0 Å². The Hall–Kier alpha value is 0.138. The predicted molar refractivity (Wildman–Crippen MR) is 53.6 cm³/mol. The molecule has 0 aliphatic rings. The molecule has 0 radical (unpaired) electrons. The topological polar surface area (TPSA) is 212 Å². The quantitative estimate of drug-likeness (QED) is 0.381. The third-order valence-electron chi connectivity index (χ3n) is 1.22. The maximum Gasteiger partial charge on any atom is 1.00 e. The fourth-order valence-corrected chi connectivity index (χ4v) is 1.77. The van der Waals surface area contributed by atoms with Gasteiger partial charge in [-0.15, -0.1) is 0 Å². The van der Waals surface area contributed by atoms with Crippen molar-refractivity contribution >= 4 is 24.2 Å². The molecule has 10 heteroatoms. The van der Waals surface area contributed by atoms with E-state index in [9.17, 15) is 7.84 Å². The number of rotatable bonds is 1. The van der Waals surface area contributed by atoms with Crippen molar-refractivity contribution in [2.24, 2.45) is 0 Å². The first-order chi connectivity index (χ1) is 5.00. The maximum atomic E-state index is 10.5. The van der Waals surface area contributed by atoms with E-state index in [2.05, 4.69) is 0 Å². The third-order valence-corrected chi connectivity index (χ3v) is 3.21. The molecule has 0 fully saturated rings. The van der Waals surface area contributed by atoms with Gasteiger partial charge in [0.15, 0.2) is 0 Å². The fourth-order valence-electron chi connectivity index (χ4n) is 0.663. The number of hydrogen-bond donors (Lipinski definition) is 2. The van der Waals surface area contributed by atoms with Crippen LogP contribution in [0.4, 0.5) is 5.69 Å². The first-order valence-electron chi connectivity index (χ1n) is 2.90. The molecule has 0 heterocycles. The molecule has 92 valence electrons. The van der Waals surface area contributed by atoms with Crippen LogP contribution in [-0.4, -0.2) is 40.2 Å². The van der Waals surface area contributed by atoms with Crippen molar-refractivity contribution in [2.45, 2.75) is 0 Å². The Bertz CT molecular complexity index is 300. The Balaban J connectivity index is -0.0000000807. The van der Waals surface area contributed by atoms with E-state index in [1.54, 1.807) is 0 Å². The minimum Gasteiger partial charge on any atom is -0.412 e. The Morgan fingerprint density at radius 1 is 1.06 bits per heavy atom. The summed E-state index contributed by atoms with van der Waals surface area (Å²) in [5.41, 5.74) is 5.77. The molecule has 1 aromatic rings. The number of anilines is 1. The van der Waals surface area contributed by atoms with Crippen molar-refractivity contribution < 1.29 is 63.4 Å². The van der Waals surface area contributed by atoms with Crippen molar-refractivity contribution in [1.29, 1.82) is 0 Å². The molecule has 0 amide bonds. The number of hydrogen-bond acceptors (Lipinski definition) is 3. The summed E-state index contributed by atoms with van der Waals surface area (Å²) >= 11 is -4.93. The van der Waals surface area contributed by atoms with E-state index in [4.69, 9.17) is 9.83 Å². The average molecular weight is 311 g/mol. The first-order valence-corrected chi connectivity index (χ1v) is 6.21. The second kappa shape index (κ2) is 11.6. The van der Waals surface area contributed by atoms with Crippen LogP contribution >= 0.6 is 0 Å².